The van der Waals surface area contributed by atoms with Crippen LogP contribution in [0.25, 0.3) is 0 Å². The van der Waals surface area contributed by atoms with Crippen LogP contribution in [0.1, 0.15) is 64.2 Å². The molecule has 0 radical (unpaired) electrons. The van der Waals surface area contributed by atoms with E-state index in [9.17, 15) is 4.79 Å². The number of amides is 2. The lowest BCUT2D eigenvalue weighted by molar-refractivity contribution is -0.108. The predicted molar refractivity (Wildman–Crippen MR) is 85.7 cm³/mol. The van der Waals surface area contributed by atoms with Gasteiger partial charge in [-0.1, -0.05) is 25.7 Å². The summed E-state index contributed by atoms with van der Waals surface area (Å²) < 4.78 is 6.14. The first kappa shape index (κ1) is 14.8. The maximum absolute atomic E-state index is 12.6. The van der Waals surface area contributed by atoms with Crippen molar-refractivity contribution in [2.24, 2.45) is 11.8 Å². The van der Waals surface area contributed by atoms with Crippen LogP contribution in [0.3, 0.4) is 0 Å². The molecule has 3 unspecified atom stereocenters. The van der Waals surface area contributed by atoms with Crippen LogP contribution in [0.5, 0.6) is 0 Å². The minimum Gasteiger partial charge on any atom is -0.375 e. The molecule has 2 amide bonds. The van der Waals surface area contributed by atoms with Crippen molar-refractivity contribution in [1.82, 2.24) is 10.2 Å². The minimum absolute atomic E-state index is 0.0793. The molecule has 4 nitrogen and oxygen atoms in total. The molecule has 2 saturated heterocycles. The maximum atomic E-state index is 12.6. The fourth-order valence-corrected chi connectivity index (χ4v) is 5.36. The first-order valence-electron chi connectivity index (χ1n) is 9.44. The zero-order valence-corrected chi connectivity index (χ0v) is 13.7. The van der Waals surface area contributed by atoms with Gasteiger partial charge >= 0.3 is 6.03 Å². The van der Waals surface area contributed by atoms with E-state index in [4.69, 9.17) is 4.74 Å². The molecule has 124 valence electrons. The highest BCUT2D eigenvalue weighted by molar-refractivity contribution is 5.75. The summed E-state index contributed by atoms with van der Waals surface area (Å²) in [6.45, 7) is 2.80. The molecule has 22 heavy (non-hydrogen) atoms. The van der Waals surface area contributed by atoms with E-state index in [-0.39, 0.29) is 11.6 Å². The zero-order valence-electron chi connectivity index (χ0n) is 13.7. The number of rotatable bonds is 1. The molecule has 4 fully saturated rings. The molecule has 2 aliphatic heterocycles. The van der Waals surface area contributed by atoms with Crippen LogP contribution in [-0.4, -0.2) is 42.3 Å². The van der Waals surface area contributed by atoms with Crippen molar-refractivity contribution in [1.29, 1.82) is 0 Å². The first-order valence-corrected chi connectivity index (χ1v) is 9.44. The molecule has 4 aliphatic rings. The Hall–Kier alpha value is -0.770. The van der Waals surface area contributed by atoms with Crippen LogP contribution >= 0.6 is 0 Å². The van der Waals surface area contributed by atoms with Gasteiger partial charge in [-0.05, 0) is 50.4 Å². The molecule has 0 aromatic rings. The molecule has 0 bridgehead atoms. The van der Waals surface area contributed by atoms with Crippen LogP contribution in [-0.2, 0) is 4.74 Å². The van der Waals surface area contributed by atoms with Gasteiger partial charge in [0.2, 0.25) is 0 Å². The molecule has 0 aromatic carbocycles. The second-order valence-electron chi connectivity index (χ2n) is 8.09. The maximum Gasteiger partial charge on any atom is 0.317 e. The molecular formula is C18H30N2O2. The van der Waals surface area contributed by atoms with Gasteiger partial charge in [0.15, 0.2) is 0 Å². The van der Waals surface area contributed by atoms with E-state index < -0.39 is 0 Å². The highest BCUT2D eigenvalue weighted by Gasteiger charge is 2.41. The Kier molecular flexibility index (Phi) is 4.05. The number of ether oxygens (including phenoxy) is 1. The third-order valence-corrected chi connectivity index (χ3v) is 6.60. The molecular weight excluding hydrogens is 276 g/mol. The van der Waals surface area contributed by atoms with Crippen LogP contribution < -0.4 is 5.32 Å². The Morgan fingerprint density at radius 1 is 1.00 bits per heavy atom. The summed E-state index contributed by atoms with van der Waals surface area (Å²) in [6.07, 6.45) is 12.3. The van der Waals surface area contributed by atoms with Gasteiger partial charge in [0.1, 0.15) is 0 Å². The van der Waals surface area contributed by atoms with Gasteiger partial charge in [-0.2, -0.15) is 0 Å². The van der Waals surface area contributed by atoms with E-state index in [1.165, 1.54) is 51.4 Å². The molecule has 3 atom stereocenters. The average molecular weight is 306 g/mol. The van der Waals surface area contributed by atoms with Crippen LogP contribution in [0.4, 0.5) is 4.79 Å². The molecule has 2 aliphatic carbocycles. The van der Waals surface area contributed by atoms with Crippen LogP contribution in [0.15, 0.2) is 0 Å². The summed E-state index contributed by atoms with van der Waals surface area (Å²) in [5.41, 5.74) is 0.0793. The van der Waals surface area contributed by atoms with Gasteiger partial charge in [0, 0.05) is 25.7 Å². The standard InChI is InChI=1S/C18H30N2O2/c21-17(20-12-14-5-4-6-15(14)13-20)19-16-7-10-22-18(11-16)8-2-1-3-9-18/h14-16H,1-13H2,(H,19,21). The summed E-state index contributed by atoms with van der Waals surface area (Å²) in [6, 6.07) is 0.507. The predicted octanol–water partition coefficient (Wildman–Crippen LogP) is 3.31. The second-order valence-corrected chi connectivity index (χ2v) is 8.09. The Balaban J connectivity index is 1.32. The summed E-state index contributed by atoms with van der Waals surface area (Å²) in [7, 11) is 0. The fraction of sp³-hybridized carbons (Fsp3) is 0.944. The summed E-state index contributed by atoms with van der Waals surface area (Å²) >= 11 is 0. The lowest BCUT2D eigenvalue weighted by Crippen LogP contribution is -2.52. The Bertz CT molecular complexity index is 402. The van der Waals surface area contributed by atoms with Crippen molar-refractivity contribution in [2.45, 2.75) is 75.9 Å². The smallest absolute Gasteiger partial charge is 0.317 e. The lowest BCUT2D eigenvalue weighted by Gasteiger charge is -2.43. The van der Waals surface area contributed by atoms with Gasteiger partial charge in [0.25, 0.3) is 0 Å². The van der Waals surface area contributed by atoms with Crippen molar-refractivity contribution in [3.05, 3.63) is 0 Å². The van der Waals surface area contributed by atoms with Crippen molar-refractivity contribution >= 4 is 6.03 Å². The number of fused-ring (bicyclic) bond motifs is 1. The summed E-state index contributed by atoms with van der Waals surface area (Å²) in [5, 5.41) is 3.33. The SMILES string of the molecule is O=C(NC1CCOC2(CCCCC2)C1)N1CC2CCCC2C1. The first-order chi connectivity index (χ1) is 10.7. The normalized spacial score (nSPS) is 37.3. The number of likely N-dealkylation sites (tertiary alicyclic amines) is 1. The zero-order chi connectivity index (χ0) is 15.0. The number of nitrogens with zero attached hydrogens (tertiary/aromatic N) is 1. The average Bonchev–Trinajstić information content (AvgIpc) is 3.09. The van der Waals surface area contributed by atoms with Gasteiger partial charge in [-0.3, -0.25) is 0 Å². The van der Waals surface area contributed by atoms with Gasteiger partial charge < -0.3 is 15.0 Å². The monoisotopic (exact) mass is 306 g/mol. The number of urea groups is 1. The van der Waals surface area contributed by atoms with Crippen molar-refractivity contribution in [3.8, 4) is 0 Å². The number of carbonyl (C=O) groups excluding carboxylic acids is 1. The quantitative estimate of drug-likeness (QED) is 0.807. The highest BCUT2D eigenvalue weighted by atomic mass is 16.5. The molecule has 2 heterocycles. The Morgan fingerprint density at radius 3 is 2.45 bits per heavy atom. The second kappa shape index (κ2) is 6.03. The number of hydrogen-bond acceptors (Lipinski definition) is 2. The minimum atomic E-state index is 0.0793. The van der Waals surface area contributed by atoms with Crippen molar-refractivity contribution in [3.63, 3.8) is 0 Å². The van der Waals surface area contributed by atoms with E-state index in [1.54, 1.807) is 0 Å². The number of nitrogens with one attached hydrogen (secondary N) is 1. The van der Waals surface area contributed by atoms with E-state index in [2.05, 4.69) is 10.2 Å². The largest absolute Gasteiger partial charge is 0.375 e. The van der Waals surface area contributed by atoms with Crippen LogP contribution in [0.2, 0.25) is 0 Å². The molecule has 0 aromatic heterocycles. The topological polar surface area (TPSA) is 41.6 Å². The fourth-order valence-electron chi connectivity index (χ4n) is 5.36. The highest BCUT2D eigenvalue weighted by Crippen LogP contribution is 2.39. The lowest BCUT2D eigenvalue weighted by atomic mass is 9.78. The molecule has 1 spiro atoms. The molecule has 1 N–H and O–H groups in total. The third kappa shape index (κ3) is 2.86. The van der Waals surface area contributed by atoms with Crippen molar-refractivity contribution in [2.75, 3.05) is 19.7 Å². The number of carbonyl (C=O) groups is 1. The van der Waals surface area contributed by atoms with Crippen molar-refractivity contribution < 1.29 is 9.53 Å². The molecule has 4 heteroatoms. The van der Waals surface area contributed by atoms with E-state index in [1.807, 2.05) is 0 Å². The Morgan fingerprint density at radius 2 is 1.73 bits per heavy atom. The van der Waals surface area contributed by atoms with E-state index in [0.717, 1.165) is 44.4 Å². The summed E-state index contributed by atoms with van der Waals surface area (Å²) in [4.78, 5) is 14.7. The van der Waals surface area contributed by atoms with E-state index in [0.29, 0.717) is 6.04 Å². The van der Waals surface area contributed by atoms with Crippen LogP contribution in [0, 0.1) is 11.8 Å². The van der Waals surface area contributed by atoms with Gasteiger partial charge in [-0.15, -0.1) is 0 Å². The third-order valence-electron chi connectivity index (χ3n) is 6.60. The molecule has 4 rings (SSSR count). The summed E-state index contributed by atoms with van der Waals surface area (Å²) in [5.74, 6) is 1.57. The van der Waals surface area contributed by atoms with E-state index >= 15 is 0 Å². The molecule has 2 saturated carbocycles. The number of hydrogen-bond donors (Lipinski definition) is 1. The Labute approximate surface area is 134 Å². The van der Waals surface area contributed by atoms with Gasteiger partial charge in [0.05, 0.1) is 5.60 Å². The van der Waals surface area contributed by atoms with Gasteiger partial charge in [-0.25, -0.2) is 4.79 Å².